The van der Waals surface area contributed by atoms with Crippen LogP contribution in [-0.2, 0) is 5.41 Å². The van der Waals surface area contributed by atoms with E-state index < -0.39 is 0 Å². The van der Waals surface area contributed by atoms with Gasteiger partial charge in [-0.2, -0.15) is 0 Å². The molecule has 0 aliphatic heterocycles. The van der Waals surface area contributed by atoms with Crippen molar-refractivity contribution in [3.63, 3.8) is 0 Å². The van der Waals surface area contributed by atoms with Gasteiger partial charge in [0.05, 0.1) is 5.69 Å². The van der Waals surface area contributed by atoms with Crippen LogP contribution >= 0.6 is 0 Å². The molecule has 14 heavy (non-hydrogen) atoms. The first-order valence-corrected chi connectivity index (χ1v) is 4.67. The highest BCUT2D eigenvalue weighted by Crippen LogP contribution is 2.19. The molecular formula is C10H18N4. The van der Waals surface area contributed by atoms with Crippen molar-refractivity contribution in [2.45, 2.75) is 26.2 Å². The molecule has 0 saturated carbocycles. The van der Waals surface area contributed by atoms with Crippen LogP contribution in [0.4, 0.5) is 5.95 Å². The zero-order valence-electron chi connectivity index (χ0n) is 9.50. The third-order valence-corrected chi connectivity index (χ3v) is 1.75. The molecule has 0 atom stereocenters. The van der Waals surface area contributed by atoms with Gasteiger partial charge in [0.15, 0.2) is 0 Å². The molecule has 0 aliphatic carbocycles. The number of rotatable bonds is 2. The molecule has 0 unspecified atom stereocenters. The molecule has 0 bridgehead atoms. The molecule has 1 N–H and O–H groups in total. The quantitative estimate of drug-likeness (QED) is 0.727. The Morgan fingerprint density at radius 3 is 2.43 bits per heavy atom. The second-order valence-corrected chi connectivity index (χ2v) is 4.52. The minimum atomic E-state index is 0.0612. The van der Waals surface area contributed by atoms with Crippen LogP contribution in [0.2, 0.25) is 0 Å². The van der Waals surface area contributed by atoms with Gasteiger partial charge in [-0.15, -0.1) is 0 Å². The number of aromatic nitrogens is 2. The molecule has 4 heteroatoms. The van der Waals surface area contributed by atoms with Crippen LogP contribution in [0.15, 0.2) is 12.3 Å². The molecule has 0 fully saturated rings. The van der Waals surface area contributed by atoms with Crippen molar-refractivity contribution in [2.24, 2.45) is 0 Å². The van der Waals surface area contributed by atoms with Crippen molar-refractivity contribution in [3.8, 4) is 0 Å². The van der Waals surface area contributed by atoms with E-state index in [1.807, 2.05) is 25.2 Å². The largest absolute Gasteiger partial charge is 0.287 e. The Morgan fingerprint density at radius 2 is 1.93 bits per heavy atom. The average Bonchev–Trinajstić information content (AvgIpc) is 2.01. The molecule has 0 aromatic carbocycles. The van der Waals surface area contributed by atoms with E-state index in [-0.39, 0.29) is 5.41 Å². The molecule has 0 saturated heterocycles. The van der Waals surface area contributed by atoms with Gasteiger partial charge in [-0.1, -0.05) is 20.8 Å². The summed E-state index contributed by atoms with van der Waals surface area (Å²) < 4.78 is 0. The molecular weight excluding hydrogens is 176 g/mol. The second kappa shape index (κ2) is 3.92. The van der Waals surface area contributed by atoms with E-state index in [1.54, 1.807) is 6.20 Å². The molecule has 4 nitrogen and oxygen atoms in total. The van der Waals surface area contributed by atoms with Crippen molar-refractivity contribution in [1.82, 2.24) is 15.0 Å². The molecule has 0 amide bonds. The first-order chi connectivity index (χ1) is 6.39. The number of hydrazine groups is 1. The van der Waals surface area contributed by atoms with E-state index in [9.17, 15) is 0 Å². The third-order valence-electron chi connectivity index (χ3n) is 1.75. The highest BCUT2D eigenvalue weighted by atomic mass is 15.5. The van der Waals surface area contributed by atoms with Crippen LogP contribution in [0.1, 0.15) is 26.5 Å². The van der Waals surface area contributed by atoms with E-state index in [2.05, 4.69) is 36.2 Å². The Labute approximate surface area is 85.3 Å². The Hall–Kier alpha value is -1.16. The fraction of sp³-hybridized carbons (Fsp3) is 0.600. The molecule has 0 aliphatic rings. The molecule has 78 valence electrons. The average molecular weight is 194 g/mol. The smallest absolute Gasteiger partial charge is 0.237 e. The predicted octanol–water partition coefficient (Wildman–Crippen LogP) is 1.66. The molecule has 1 aromatic rings. The van der Waals surface area contributed by atoms with Gasteiger partial charge in [-0.3, -0.25) is 5.43 Å². The summed E-state index contributed by atoms with van der Waals surface area (Å²) in [5, 5.41) is 1.82. The van der Waals surface area contributed by atoms with Crippen molar-refractivity contribution >= 4 is 5.95 Å². The summed E-state index contributed by atoms with van der Waals surface area (Å²) >= 11 is 0. The first kappa shape index (κ1) is 10.9. The van der Waals surface area contributed by atoms with E-state index in [0.29, 0.717) is 5.95 Å². The summed E-state index contributed by atoms with van der Waals surface area (Å²) in [5.41, 5.74) is 4.13. The van der Waals surface area contributed by atoms with Crippen molar-refractivity contribution < 1.29 is 0 Å². The summed E-state index contributed by atoms with van der Waals surface area (Å²) in [6, 6.07) is 1.95. The fourth-order valence-electron chi connectivity index (χ4n) is 1.03. The van der Waals surface area contributed by atoms with E-state index in [1.165, 1.54) is 0 Å². The zero-order valence-corrected chi connectivity index (χ0v) is 9.50. The number of nitrogens with one attached hydrogen (secondary N) is 1. The summed E-state index contributed by atoms with van der Waals surface area (Å²) in [6.45, 7) is 6.40. The van der Waals surface area contributed by atoms with Crippen LogP contribution in [0, 0.1) is 0 Å². The van der Waals surface area contributed by atoms with E-state index in [4.69, 9.17) is 0 Å². The summed E-state index contributed by atoms with van der Waals surface area (Å²) in [4.78, 5) is 8.55. The summed E-state index contributed by atoms with van der Waals surface area (Å²) in [6.07, 6.45) is 1.78. The van der Waals surface area contributed by atoms with Gasteiger partial charge >= 0.3 is 0 Å². The molecule has 1 rings (SSSR count). The maximum atomic E-state index is 4.42. The van der Waals surface area contributed by atoms with E-state index in [0.717, 1.165) is 5.69 Å². The van der Waals surface area contributed by atoms with Gasteiger partial charge in [0.25, 0.3) is 0 Å². The van der Waals surface area contributed by atoms with Gasteiger partial charge in [-0.05, 0) is 6.07 Å². The molecule has 0 radical (unpaired) electrons. The second-order valence-electron chi connectivity index (χ2n) is 4.52. The normalized spacial score (nSPS) is 11.9. The predicted molar refractivity (Wildman–Crippen MR) is 58.0 cm³/mol. The monoisotopic (exact) mass is 194 g/mol. The van der Waals surface area contributed by atoms with Crippen LogP contribution < -0.4 is 5.43 Å². The van der Waals surface area contributed by atoms with Crippen LogP contribution in [0.25, 0.3) is 0 Å². The molecule has 1 aromatic heterocycles. The Kier molecular flexibility index (Phi) is 3.06. The minimum Gasteiger partial charge on any atom is -0.287 e. The summed E-state index contributed by atoms with van der Waals surface area (Å²) in [5.74, 6) is 0.641. The lowest BCUT2D eigenvalue weighted by Gasteiger charge is -2.19. The van der Waals surface area contributed by atoms with Gasteiger partial charge in [0.2, 0.25) is 5.95 Å². The topological polar surface area (TPSA) is 41.0 Å². The number of nitrogens with zero attached hydrogens (tertiary/aromatic N) is 3. The standard InChI is InChI=1S/C10H18N4/c1-10(2,3)8-6-7-11-9(12-8)13-14(4)5/h6-7H,1-5H3,(H,11,12,13). The van der Waals surface area contributed by atoms with Crippen LogP contribution in [-0.4, -0.2) is 29.1 Å². The Balaban J connectivity index is 2.90. The maximum Gasteiger partial charge on any atom is 0.237 e. The Bertz CT molecular complexity index is 301. The SMILES string of the molecule is CN(C)Nc1nccc(C(C)(C)C)n1. The van der Waals surface area contributed by atoms with Crippen LogP contribution in [0.3, 0.4) is 0 Å². The van der Waals surface area contributed by atoms with Gasteiger partial charge in [-0.25, -0.2) is 15.0 Å². The van der Waals surface area contributed by atoms with Gasteiger partial charge in [0, 0.05) is 25.7 Å². The molecule has 1 heterocycles. The van der Waals surface area contributed by atoms with Crippen molar-refractivity contribution in [2.75, 3.05) is 19.5 Å². The van der Waals surface area contributed by atoms with Crippen molar-refractivity contribution in [3.05, 3.63) is 18.0 Å². The third kappa shape index (κ3) is 2.96. The van der Waals surface area contributed by atoms with Crippen LogP contribution in [0.5, 0.6) is 0 Å². The van der Waals surface area contributed by atoms with Gasteiger partial charge in [0.1, 0.15) is 0 Å². The zero-order chi connectivity index (χ0) is 10.8. The van der Waals surface area contributed by atoms with Gasteiger partial charge < -0.3 is 0 Å². The molecule has 0 spiro atoms. The number of hydrogen-bond donors (Lipinski definition) is 1. The van der Waals surface area contributed by atoms with Crippen molar-refractivity contribution in [1.29, 1.82) is 0 Å². The lowest BCUT2D eigenvalue weighted by molar-refractivity contribution is 0.485. The highest BCUT2D eigenvalue weighted by molar-refractivity contribution is 5.26. The number of anilines is 1. The lowest BCUT2D eigenvalue weighted by Crippen LogP contribution is -2.23. The maximum absolute atomic E-state index is 4.42. The minimum absolute atomic E-state index is 0.0612. The lowest BCUT2D eigenvalue weighted by atomic mass is 9.92. The first-order valence-electron chi connectivity index (χ1n) is 4.67. The Morgan fingerprint density at radius 1 is 1.29 bits per heavy atom. The van der Waals surface area contributed by atoms with E-state index >= 15 is 0 Å². The highest BCUT2D eigenvalue weighted by Gasteiger charge is 2.15. The number of hydrogen-bond acceptors (Lipinski definition) is 4. The fourth-order valence-corrected chi connectivity index (χ4v) is 1.03. The summed E-state index contributed by atoms with van der Waals surface area (Å²) in [7, 11) is 3.82.